The molecule has 1 aliphatic heterocycles. The minimum absolute atomic E-state index is 0.0139. The maximum atomic E-state index is 12.5. The van der Waals surface area contributed by atoms with E-state index in [9.17, 15) is 9.18 Å². The number of hydrogen-bond acceptors (Lipinski definition) is 2. The smallest absolute Gasteiger partial charge is 0.291 e. The summed E-state index contributed by atoms with van der Waals surface area (Å²) in [7, 11) is 1.40. The Kier molecular flexibility index (Phi) is 1.75. The SMILES string of the molecule is CN=C1NC(=O)N=CC1F. The van der Waals surface area contributed by atoms with Gasteiger partial charge in [-0.2, -0.15) is 0 Å². The predicted molar refractivity (Wildman–Crippen MR) is 35.3 cm³/mol. The lowest BCUT2D eigenvalue weighted by Gasteiger charge is -2.10. The molecule has 0 aromatic carbocycles. The van der Waals surface area contributed by atoms with Crippen LogP contribution in [0, 0.1) is 0 Å². The van der Waals surface area contributed by atoms with Crippen LogP contribution in [-0.2, 0) is 0 Å². The fourth-order valence-corrected chi connectivity index (χ4v) is 0.594. The van der Waals surface area contributed by atoms with Gasteiger partial charge in [-0.15, -0.1) is 0 Å². The topological polar surface area (TPSA) is 53.8 Å². The summed E-state index contributed by atoms with van der Waals surface area (Å²) in [5.41, 5.74) is 0. The van der Waals surface area contributed by atoms with Crippen LogP contribution in [0.1, 0.15) is 0 Å². The zero-order valence-corrected chi connectivity index (χ0v) is 5.34. The molecule has 0 aromatic rings. The number of halogens is 1. The van der Waals surface area contributed by atoms with E-state index in [1.165, 1.54) is 7.05 Å². The van der Waals surface area contributed by atoms with Crippen molar-refractivity contribution < 1.29 is 9.18 Å². The molecule has 54 valence electrons. The monoisotopic (exact) mass is 143 g/mol. The summed E-state index contributed by atoms with van der Waals surface area (Å²) >= 11 is 0. The highest BCUT2D eigenvalue weighted by atomic mass is 19.1. The number of carbonyl (C=O) groups is 1. The number of carbonyl (C=O) groups excluding carboxylic acids is 1. The average molecular weight is 143 g/mol. The fraction of sp³-hybridized carbons (Fsp3) is 0.400. The molecule has 1 atom stereocenters. The van der Waals surface area contributed by atoms with Gasteiger partial charge >= 0.3 is 6.03 Å². The van der Waals surface area contributed by atoms with Crippen molar-refractivity contribution in [3.63, 3.8) is 0 Å². The maximum absolute atomic E-state index is 12.5. The minimum Gasteiger partial charge on any atom is -0.291 e. The van der Waals surface area contributed by atoms with Gasteiger partial charge < -0.3 is 0 Å². The molecule has 1 unspecified atom stereocenters. The van der Waals surface area contributed by atoms with E-state index in [0.29, 0.717) is 0 Å². The van der Waals surface area contributed by atoms with Gasteiger partial charge in [0.1, 0.15) is 5.84 Å². The van der Waals surface area contributed by atoms with Crippen LogP contribution in [0.2, 0.25) is 0 Å². The number of alkyl halides is 1. The summed E-state index contributed by atoms with van der Waals surface area (Å²) in [6.45, 7) is 0. The van der Waals surface area contributed by atoms with Crippen molar-refractivity contribution >= 4 is 18.1 Å². The molecule has 0 saturated carbocycles. The summed E-state index contributed by atoms with van der Waals surface area (Å²) in [6.07, 6.45) is -0.455. The molecule has 0 spiro atoms. The number of aliphatic imine (C=N–C) groups is 2. The van der Waals surface area contributed by atoms with Gasteiger partial charge in [0.25, 0.3) is 0 Å². The van der Waals surface area contributed by atoms with Crippen molar-refractivity contribution in [3.05, 3.63) is 0 Å². The van der Waals surface area contributed by atoms with E-state index in [4.69, 9.17) is 0 Å². The van der Waals surface area contributed by atoms with Crippen LogP contribution in [0.5, 0.6) is 0 Å². The number of hydrogen-bond donors (Lipinski definition) is 1. The van der Waals surface area contributed by atoms with Crippen molar-refractivity contribution in [1.29, 1.82) is 0 Å². The summed E-state index contributed by atoms with van der Waals surface area (Å²) in [5, 5.41) is 2.15. The van der Waals surface area contributed by atoms with Crippen molar-refractivity contribution in [2.75, 3.05) is 7.05 Å². The number of urea groups is 1. The Bertz CT molecular complexity index is 211. The highest BCUT2D eigenvalue weighted by Crippen LogP contribution is 1.95. The molecule has 4 nitrogen and oxygen atoms in total. The van der Waals surface area contributed by atoms with E-state index >= 15 is 0 Å². The predicted octanol–water partition coefficient (Wildman–Crippen LogP) is 0.147. The standard InChI is InChI=1S/C5H6FN3O/c1-7-4-3(6)2-8-5(10)9-4/h2-3H,1H3,(H,7,9,10). The molecule has 5 heteroatoms. The Morgan fingerprint density at radius 2 is 2.60 bits per heavy atom. The quantitative estimate of drug-likeness (QED) is 0.515. The Balaban J connectivity index is 2.81. The first-order valence-electron chi connectivity index (χ1n) is 2.70. The first kappa shape index (κ1) is 6.85. The van der Waals surface area contributed by atoms with Gasteiger partial charge in [0.05, 0.1) is 6.21 Å². The first-order valence-corrected chi connectivity index (χ1v) is 2.70. The second-order valence-corrected chi connectivity index (χ2v) is 1.72. The maximum Gasteiger partial charge on any atom is 0.346 e. The highest BCUT2D eigenvalue weighted by molar-refractivity contribution is 6.13. The molecular weight excluding hydrogens is 137 g/mol. The Labute approximate surface area is 56.9 Å². The van der Waals surface area contributed by atoms with Gasteiger partial charge in [0, 0.05) is 7.05 Å². The van der Waals surface area contributed by atoms with Crippen LogP contribution in [0.4, 0.5) is 9.18 Å². The van der Waals surface area contributed by atoms with Gasteiger partial charge in [0.15, 0.2) is 6.17 Å². The van der Waals surface area contributed by atoms with Crippen molar-refractivity contribution in [2.45, 2.75) is 6.17 Å². The van der Waals surface area contributed by atoms with Crippen LogP contribution in [0.25, 0.3) is 0 Å². The average Bonchev–Trinajstić information content (AvgIpc) is 1.94. The van der Waals surface area contributed by atoms with Gasteiger partial charge in [-0.1, -0.05) is 0 Å². The molecule has 1 heterocycles. The van der Waals surface area contributed by atoms with Crippen molar-refractivity contribution in [1.82, 2.24) is 5.32 Å². The fourth-order valence-electron chi connectivity index (χ4n) is 0.594. The van der Waals surface area contributed by atoms with E-state index in [2.05, 4.69) is 15.3 Å². The largest absolute Gasteiger partial charge is 0.346 e. The summed E-state index contributed by atoms with van der Waals surface area (Å²) in [4.78, 5) is 17.1. The van der Waals surface area contributed by atoms with Gasteiger partial charge in [-0.3, -0.25) is 10.3 Å². The molecule has 0 aliphatic carbocycles. The zero-order chi connectivity index (χ0) is 7.56. The number of amides is 2. The van der Waals surface area contributed by atoms with Gasteiger partial charge in [-0.05, 0) is 0 Å². The van der Waals surface area contributed by atoms with E-state index in [1.807, 2.05) is 0 Å². The second kappa shape index (κ2) is 2.55. The van der Waals surface area contributed by atoms with Gasteiger partial charge in [-0.25, -0.2) is 14.2 Å². The second-order valence-electron chi connectivity index (χ2n) is 1.72. The van der Waals surface area contributed by atoms with Crippen molar-refractivity contribution in [3.8, 4) is 0 Å². The Hall–Kier alpha value is -1.26. The van der Waals surface area contributed by atoms with E-state index in [0.717, 1.165) is 6.21 Å². The lowest BCUT2D eigenvalue weighted by atomic mass is 10.3. The molecule has 0 bridgehead atoms. The Morgan fingerprint density at radius 3 is 3.10 bits per heavy atom. The lowest BCUT2D eigenvalue weighted by molar-refractivity contribution is 0.252. The Morgan fingerprint density at radius 1 is 1.90 bits per heavy atom. The number of nitrogens with one attached hydrogen (secondary N) is 1. The normalized spacial score (nSPS) is 28.8. The molecule has 0 radical (unpaired) electrons. The van der Waals surface area contributed by atoms with Crippen LogP contribution in [0.15, 0.2) is 9.98 Å². The molecule has 1 aliphatic rings. The zero-order valence-electron chi connectivity index (χ0n) is 5.34. The lowest BCUT2D eigenvalue weighted by Crippen LogP contribution is -2.40. The molecule has 0 fully saturated rings. The molecule has 0 saturated heterocycles. The minimum atomic E-state index is -1.37. The molecule has 10 heavy (non-hydrogen) atoms. The van der Waals surface area contributed by atoms with Gasteiger partial charge in [0.2, 0.25) is 0 Å². The third-order valence-electron chi connectivity index (χ3n) is 1.06. The van der Waals surface area contributed by atoms with E-state index in [1.54, 1.807) is 0 Å². The third-order valence-corrected chi connectivity index (χ3v) is 1.06. The number of amidine groups is 1. The summed E-state index contributed by atoms with van der Waals surface area (Å²) in [5.74, 6) is 0.0139. The third kappa shape index (κ3) is 1.18. The summed E-state index contributed by atoms with van der Waals surface area (Å²) < 4.78 is 12.5. The molecular formula is C5H6FN3O. The van der Waals surface area contributed by atoms with E-state index < -0.39 is 12.2 Å². The number of nitrogens with zero attached hydrogens (tertiary/aromatic N) is 2. The molecule has 1 rings (SSSR count). The van der Waals surface area contributed by atoms with Crippen molar-refractivity contribution in [2.24, 2.45) is 9.98 Å². The number of rotatable bonds is 0. The van der Waals surface area contributed by atoms with Crippen LogP contribution < -0.4 is 5.32 Å². The van der Waals surface area contributed by atoms with Crippen LogP contribution in [-0.4, -0.2) is 31.3 Å². The van der Waals surface area contributed by atoms with Crippen LogP contribution >= 0.6 is 0 Å². The molecule has 2 amide bonds. The highest BCUT2D eigenvalue weighted by Gasteiger charge is 2.18. The first-order chi connectivity index (χ1) is 4.74. The van der Waals surface area contributed by atoms with Crippen LogP contribution in [0.3, 0.4) is 0 Å². The molecule has 0 aromatic heterocycles. The van der Waals surface area contributed by atoms with E-state index in [-0.39, 0.29) is 5.84 Å². The molecule has 1 N–H and O–H groups in total. The summed E-state index contributed by atoms with van der Waals surface area (Å²) in [6, 6.07) is -0.575.